The molecule has 1 fully saturated rings. The zero-order valence-corrected chi connectivity index (χ0v) is 13.4. The number of pyridine rings is 1. The molecule has 1 aliphatic heterocycles. The van der Waals surface area contributed by atoms with Crippen LogP contribution in [0.25, 0.3) is 11.0 Å². The Morgan fingerprint density at radius 3 is 2.70 bits per heavy atom. The van der Waals surface area contributed by atoms with Crippen LogP contribution in [0.3, 0.4) is 0 Å². The number of nitrogens with one attached hydrogen (secondary N) is 1. The van der Waals surface area contributed by atoms with Crippen LogP contribution in [0.4, 0.5) is 0 Å². The number of hydrogen-bond donors (Lipinski definition) is 1. The smallest absolute Gasteiger partial charge is 0.332 e. The summed E-state index contributed by atoms with van der Waals surface area (Å²) in [5.41, 5.74) is -0.401. The highest BCUT2D eigenvalue weighted by Crippen LogP contribution is 2.12. The molecule has 23 heavy (non-hydrogen) atoms. The van der Waals surface area contributed by atoms with E-state index in [2.05, 4.69) is 10.3 Å². The highest BCUT2D eigenvalue weighted by Gasteiger charge is 2.25. The van der Waals surface area contributed by atoms with E-state index in [1.54, 1.807) is 24.1 Å². The third-order valence-corrected chi connectivity index (χ3v) is 4.28. The summed E-state index contributed by atoms with van der Waals surface area (Å²) >= 11 is 0. The third-order valence-electron chi connectivity index (χ3n) is 4.28. The second-order valence-corrected chi connectivity index (χ2v) is 5.83. The van der Waals surface area contributed by atoms with Crippen molar-refractivity contribution in [3.05, 3.63) is 38.7 Å². The lowest BCUT2D eigenvalue weighted by molar-refractivity contribution is 0.0650. The highest BCUT2D eigenvalue weighted by atomic mass is 16.2. The summed E-state index contributed by atoms with van der Waals surface area (Å²) in [4.78, 5) is 42.9. The van der Waals surface area contributed by atoms with Crippen LogP contribution in [0.15, 0.2) is 21.7 Å². The lowest BCUT2D eigenvalue weighted by atomic mass is 10.2. The number of aryl methyl sites for hydroxylation is 1. The molecule has 0 bridgehead atoms. The fourth-order valence-corrected chi connectivity index (χ4v) is 2.86. The molecule has 8 heteroatoms. The average molecular weight is 317 g/mol. The van der Waals surface area contributed by atoms with E-state index in [-0.39, 0.29) is 23.3 Å². The maximum Gasteiger partial charge on any atom is 0.332 e. The number of fused-ring (bicyclic) bond motifs is 1. The van der Waals surface area contributed by atoms with E-state index < -0.39 is 11.2 Å². The Hall–Kier alpha value is -2.48. The van der Waals surface area contributed by atoms with E-state index in [1.807, 2.05) is 6.92 Å². The Morgan fingerprint density at radius 1 is 1.26 bits per heavy atom. The van der Waals surface area contributed by atoms with Crippen molar-refractivity contribution in [2.24, 2.45) is 14.1 Å². The van der Waals surface area contributed by atoms with Crippen LogP contribution in [0, 0.1) is 0 Å². The molecular weight excluding hydrogens is 298 g/mol. The fraction of sp³-hybridized carbons (Fsp3) is 0.467. The first kappa shape index (κ1) is 15.4. The van der Waals surface area contributed by atoms with E-state index in [9.17, 15) is 14.4 Å². The van der Waals surface area contributed by atoms with Crippen LogP contribution in [0.2, 0.25) is 0 Å². The molecule has 2 aromatic heterocycles. The Labute approximate surface area is 132 Å². The van der Waals surface area contributed by atoms with Crippen molar-refractivity contribution in [1.29, 1.82) is 0 Å². The lowest BCUT2D eigenvalue weighted by Gasteiger charge is -2.33. The first-order valence-electron chi connectivity index (χ1n) is 7.50. The minimum absolute atomic E-state index is 0.0706. The van der Waals surface area contributed by atoms with Crippen molar-refractivity contribution in [1.82, 2.24) is 24.3 Å². The molecule has 1 N–H and O–H groups in total. The second kappa shape index (κ2) is 5.62. The number of carbonyl (C=O) groups excluding carboxylic acids is 1. The number of nitrogens with zero attached hydrogens (tertiary/aromatic N) is 4. The summed E-state index contributed by atoms with van der Waals surface area (Å²) in [6.07, 6.45) is 0. The molecule has 1 saturated heterocycles. The Balaban J connectivity index is 2.12. The van der Waals surface area contributed by atoms with Gasteiger partial charge in [-0.15, -0.1) is 0 Å². The summed E-state index contributed by atoms with van der Waals surface area (Å²) in [6, 6.07) is 3.18. The number of aromatic nitrogens is 3. The number of amides is 1. The fourth-order valence-electron chi connectivity index (χ4n) is 2.86. The van der Waals surface area contributed by atoms with Crippen molar-refractivity contribution in [3.63, 3.8) is 0 Å². The van der Waals surface area contributed by atoms with Gasteiger partial charge < -0.3 is 10.2 Å². The van der Waals surface area contributed by atoms with Crippen molar-refractivity contribution in [3.8, 4) is 0 Å². The summed E-state index contributed by atoms with van der Waals surface area (Å²) in [7, 11) is 2.96. The van der Waals surface area contributed by atoms with Gasteiger partial charge in [-0.05, 0) is 19.1 Å². The van der Waals surface area contributed by atoms with Crippen LogP contribution in [-0.2, 0) is 14.1 Å². The average Bonchev–Trinajstić information content (AvgIpc) is 2.57. The first-order valence-corrected chi connectivity index (χ1v) is 7.50. The van der Waals surface area contributed by atoms with Gasteiger partial charge in [0, 0.05) is 39.8 Å². The van der Waals surface area contributed by atoms with Crippen molar-refractivity contribution in [2.75, 3.05) is 19.6 Å². The van der Waals surface area contributed by atoms with E-state index in [4.69, 9.17) is 0 Å². The Kier molecular flexibility index (Phi) is 3.77. The van der Waals surface area contributed by atoms with Gasteiger partial charge in [0.15, 0.2) is 0 Å². The van der Waals surface area contributed by atoms with E-state index in [1.165, 1.54) is 11.6 Å². The molecule has 2 aromatic rings. The Morgan fingerprint density at radius 2 is 2.00 bits per heavy atom. The van der Waals surface area contributed by atoms with Crippen LogP contribution < -0.4 is 16.6 Å². The van der Waals surface area contributed by atoms with Gasteiger partial charge in [0.25, 0.3) is 11.5 Å². The van der Waals surface area contributed by atoms with E-state index >= 15 is 0 Å². The predicted octanol–water partition coefficient (Wildman–Crippen LogP) is -0.934. The van der Waals surface area contributed by atoms with Gasteiger partial charge in [0.1, 0.15) is 11.3 Å². The van der Waals surface area contributed by atoms with Gasteiger partial charge in [-0.25, -0.2) is 9.78 Å². The maximum atomic E-state index is 12.7. The minimum Gasteiger partial charge on any atom is -0.332 e. The normalized spacial score (nSPS) is 18.4. The third kappa shape index (κ3) is 2.44. The second-order valence-electron chi connectivity index (χ2n) is 5.83. The monoisotopic (exact) mass is 317 g/mol. The van der Waals surface area contributed by atoms with E-state index in [0.717, 1.165) is 17.7 Å². The van der Waals surface area contributed by atoms with Gasteiger partial charge in [-0.2, -0.15) is 0 Å². The number of hydrogen-bond acceptors (Lipinski definition) is 5. The zero-order valence-electron chi connectivity index (χ0n) is 13.4. The topological polar surface area (TPSA) is 89.2 Å². The van der Waals surface area contributed by atoms with Crippen molar-refractivity contribution < 1.29 is 4.79 Å². The highest BCUT2D eigenvalue weighted by molar-refractivity contribution is 5.94. The number of carbonyl (C=O) groups is 1. The first-order chi connectivity index (χ1) is 10.9. The molecule has 0 aromatic carbocycles. The van der Waals surface area contributed by atoms with Gasteiger partial charge in [-0.3, -0.25) is 18.7 Å². The molecule has 122 valence electrons. The quantitative estimate of drug-likeness (QED) is 0.734. The maximum absolute atomic E-state index is 12.7. The largest absolute Gasteiger partial charge is 0.332 e. The van der Waals surface area contributed by atoms with Crippen LogP contribution >= 0.6 is 0 Å². The lowest BCUT2D eigenvalue weighted by Crippen LogP contribution is -2.52. The van der Waals surface area contributed by atoms with Gasteiger partial charge in [0.2, 0.25) is 0 Å². The minimum atomic E-state index is -0.463. The van der Waals surface area contributed by atoms with Crippen molar-refractivity contribution in [2.45, 2.75) is 13.0 Å². The molecule has 0 spiro atoms. The molecule has 0 radical (unpaired) electrons. The summed E-state index contributed by atoms with van der Waals surface area (Å²) in [5, 5.41) is 3.55. The van der Waals surface area contributed by atoms with Crippen LogP contribution in [-0.4, -0.2) is 50.6 Å². The van der Waals surface area contributed by atoms with Gasteiger partial charge in [-0.1, -0.05) is 0 Å². The summed E-state index contributed by atoms with van der Waals surface area (Å²) in [5.74, 6) is -0.186. The van der Waals surface area contributed by atoms with Crippen LogP contribution in [0.5, 0.6) is 0 Å². The number of rotatable bonds is 1. The van der Waals surface area contributed by atoms with E-state index in [0.29, 0.717) is 11.9 Å². The van der Waals surface area contributed by atoms with Crippen molar-refractivity contribution >= 4 is 16.9 Å². The molecule has 1 amide bonds. The number of piperazine rings is 1. The SMILES string of the molecule is C[C@H]1CNCCN1C(=O)c1ccc2c(=O)n(C)c(=O)n(C)c2n1. The van der Waals surface area contributed by atoms with Gasteiger partial charge >= 0.3 is 5.69 Å². The molecule has 3 heterocycles. The summed E-state index contributed by atoms with van der Waals surface area (Å²) in [6.45, 7) is 4.05. The molecule has 1 atom stereocenters. The van der Waals surface area contributed by atoms with Gasteiger partial charge in [0.05, 0.1) is 5.39 Å². The Bertz CT molecular complexity index is 898. The standard InChI is InChI=1S/C15H19N5O3/c1-9-8-16-6-7-20(9)14(22)11-5-4-10-12(17-11)18(2)15(23)19(3)13(10)21/h4-5,9,16H,6-8H2,1-3H3/t9-/m0/s1. The molecule has 0 unspecified atom stereocenters. The molecule has 1 aliphatic rings. The molecular formula is C15H19N5O3. The summed E-state index contributed by atoms with van der Waals surface area (Å²) < 4.78 is 2.32. The molecule has 3 rings (SSSR count). The van der Waals surface area contributed by atoms with Crippen LogP contribution in [0.1, 0.15) is 17.4 Å². The molecule has 0 aliphatic carbocycles. The predicted molar refractivity (Wildman–Crippen MR) is 85.6 cm³/mol. The molecule has 8 nitrogen and oxygen atoms in total. The zero-order chi connectivity index (χ0) is 16.7. The molecule has 0 saturated carbocycles.